The van der Waals surface area contributed by atoms with Crippen LogP contribution in [0.4, 0.5) is 42.8 Å². The standard InChI is InChI=1S/C18H28N4O3.C17H20N6OS.C13H19N3O4.C12H16N2O3.C8H9ClN2O2.C6H12N2O.C2H7NO.CH4.CH3.BrH.Mg/c1-13(21-8-10-22(11-9-21)14(2)23)15-6-7-19-16(12-15)20-17(24)25-18(3,4)5;1-12(22-5-7-23(8-6-22)13(2)24)14-3-4-19-16(9-14)21-17-20-11-15(10-18)25-17;1-13(2,3)20-12(18)15-10-8-9(6-7-14-10)11(17)16(4)19-5;1-8(15)9-5-6-13-10(7-9)14-11(16)17-12(2,3)4;1-11(13-2)8(12)6-3-4-10-7(9)5-6;1-6(9)8-4-2-7-3-5-8;1-3-4-2;;;;/h6-7,12-13H,8-11H2,1-5H3,(H,19,20,24);3-4,9,11-12H,5-8H2,1-2H3,(H,19,20,21);6-8H,1-5H3,(H,14,15,18);5-7H,1-4H3,(H,13,14,16);3-5H,1-2H3;7H,2-5H2,1H3;3H,1-2H3;1H4;1H3;1H;/q;;;;;;;;-1;;+2/p-1. The van der Waals surface area contributed by atoms with Crippen molar-refractivity contribution in [3.05, 3.63) is 143 Å². The zero-order chi connectivity index (χ0) is 84.8. The molecule has 0 bridgehead atoms. The molecule has 2 atom stereocenters. The van der Waals surface area contributed by atoms with E-state index in [0.29, 0.717) is 44.2 Å². The van der Waals surface area contributed by atoms with Gasteiger partial charge in [0.05, 0.1) is 27.5 Å². The first kappa shape index (κ1) is 110. The number of Topliss-reactive ketones (excluding diaryl/α,β-unsaturated/α-hetero) is 1. The van der Waals surface area contributed by atoms with Crippen molar-refractivity contribution >= 4 is 128 Å². The first-order valence-electron chi connectivity index (χ1n) is 36.0. The average molecular weight is 1750 g/mol. The third kappa shape index (κ3) is 43.7. The number of anilines is 5. The molecule has 0 aromatic carbocycles. The maximum atomic E-state index is 11.9. The Morgan fingerprint density at radius 2 is 0.863 bits per heavy atom. The van der Waals surface area contributed by atoms with Crippen molar-refractivity contribution in [2.24, 2.45) is 0 Å². The van der Waals surface area contributed by atoms with Gasteiger partial charge in [-0.1, -0.05) is 30.4 Å². The Balaban J connectivity index is 0. The number of nitrogens with zero attached hydrogens (tertiary/aromatic N) is 14. The fraction of sp³-hybridized carbons (Fsp3) is 0.500. The fourth-order valence-electron chi connectivity index (χ4n) is 9.93. The van der Waals surface area contributed by atoms with Crippen LogP contribution in [0.3, 0.4) is 0 Å². The van der Waals surface area contributed by atoms with Crippen LogP contribution in [0.5, 0.6) is 0 Å². The van der Waals surface area contributed by atoms with Gasteiger partial charge in [-0.15, -0.1) is 0 Å². The molecule has 9 rings (SSSR count). The van der Waals surface area contributed by atoms with E-state index in [1.807, 2.05) is 59.7 Å². The number of ether oxygens (including phenoxy) is 3. The summed E-state index contributed by atoms with van der Waals surface area (Å²) in [6, 6.07) is 19.5. The van der Waals surface area contributed by atoms with Crippen LogP contribution in [-0.2, 0) is 43.1 Å². The molecule has 39 heteroatoms. The number of halogens is 2. The van der Waals surface area contributed by atoms with E-state index in [2.05, 4.69) is 96.5 Å². The zero-order valence-corrected chi connectivity index (χ0v) is 75.2. The Labute approximate surface area is 724 Å². The third-order valence-corrected chi connectivity index (χ3v) is 16.9. The summed E-state index contributed by atoms with van der Waals surface area (Å²) in [5.41, 5.74) is 4.22. The van der Waals surface area contributed by atoms with E-state index in [9.17, 15) is 43.2 Å². The van der Waals surface area contributed by atoms with Gasteiger partial charge in [-0.3, -0.25) is 64.2 Å². The SMILES string of the molecule is C.CC(=O)N1CCN(C(C)c2ccnc(NC(=O)OC(C)(C)C)c2)CC1.CC(=O)N1CCN(C(C)c2ccnc(Nc3ncc(C#N)s3)c2)CC1.CC(=O)N1CCNCC1.CC(=O)c1ccnc(NC(=O)OC(C)(C)C)c1.CNOC.CON(C)C(=O)c1ccnc(Cl)c1.CON(C)C(=O)c1ccnc(NC(=O)OC(C)(C)C)c1.[Br-].[CH3-].[Mg+2]. The molecule has 642 valence electrons. The molecule has 0 saturated carbocycles. The molecule has 0 aliphatic carbocycles. The summed E-state index contributed by atoms with van der Waals surface area (Å²) in [5, 5.41) is 26.0. The van der Waals surface area contributed by atoms with E-state index in [1.54, 1.807) is 107 Å². The summed E-state index contributed by atoms with van der Waals surface area (Å²) in [5.74, 6) is 1.49. The second kappa shape index (κ2) is 55.4. The number of nitriles is 1. The van der Waals surface area contributed by atoms with Crippen molar-refractivity contribution in [3.63, 3.8) is 0 Å². The number of piperazine rings is 3. The number of hydrogen-bond acceptors (Lipinski definition) is 28. The number of rotatable bonds is 15. The Bertz CT molecular complexity index is 4090. The quantitative estimate of drug-likeness (QED) is 0.0141. The van der Waals surface area contributed by atoms with Crippen LogP contribution in [0.15, 0.2) is 97.8 Å². The van der Waals surface area contributed by atoms with Crippen LogP contribution >= 0.6 is 22.9 Å². The summed E-state index contributed by atoms with van der Waals surface area (Å²) in [6.07, 6.45) is 7.63. The van der Waals surface area contributed by atoms with Gasteiger partial charge < -0.3 is 68.8 Å². The smallest absolute Gasteiger partial charge is 1.00 e. The number of carbonyl (C=O) groups is 9. The predicted octanol–water partition coefficient (Wildman–Crippen LogP) is 8.01. The Kier molecular flexibility index (Phi) is 52.0. The number of aromatic nitrogens is 6. The van der Waals surface area contributed by atoms with Crippen LogP contribution < -0.4 is 49.0 Å². The number of hydroxylamine groups is 5. The molecule has 6 N–H and O–H groups in total. The molecule has 9 heterocycles. The minimum absolute atomic E-state index is 0. The Hall–Kier alpha value is -9.24. The Morgan fingerprint density at radius 1 is 0.530 bits per heavy atom. The van der Waals surface area contributed by atoms with E-state index in [-0.39, 0.29) is 113 Å². The molecule has 35 nitrogen and oxygen atoms in total. The largest absolute Gasteiger partial charge is 2.00 e. The molecule has 3 aliphatic heterocycles. The minimum atomic E-state index is -0.630. The topological polar surface area (TPSA) is 405 Å². The summed E-state index contributed by atoms with van der Waals surface area (Å²) >= 11 is 6.92. The number of nitrogens with one attached hydrogen (secondary N) is 6. The summed E-state index contributed by atoms with van der Waals surface area (Å²) in [7, 11) is 9.10. The molecule has 117 heavy (non-hydrogen) atoms. The monoisotopic (exact) mass is 1740 g/mol. The van der Waals surface area contributed by atoms with Crippen LogP contribution in [-0.4, -0.2) is 279 Å². The molecule has 3 aliphatic rings. The Morgan fingerprint density at radius 3 is 1.20 bits per heavy atom. The van der Waals surface area contributed by atoms with E-state index in [4.69, 9.17) is 40.7 Å². The van der Waals surface area contributed by atoms with Crippen molar-refractivity contribution < 1.29 is 88.9 Å². The molecular formula is C78H118BrClMgN20O15S. The van der Waals surface area contributed by atoms with Crippen molar-refractivity contribution in [1.82, 2.24) is 75.3 Å². The normalized spacial score (nSPS) is 13.4. The third-order valence-electron chi connectivity index (χ3n) is 15.9. The van der Waals surface area contributed by atoms with Gasteiger partial charge in [0.15, 0.2) is 10.9 Å². The first-order chi connectivity index (χ1) is 53.1. The fourth-order valence-corrected chi connectivity index (χ4v) is 10.7. The number of thiazole rings is 1. The van der Waals surface area contributed by atoms with Gasteiger partial charge in [0.2, 0.25) is 17.7 Å². The number of pyridine rings is 5. The summed E-state index contributed by atoms with van der Waals surface area (Å²) in [6.45, 7) is 36.7. The molecule has 3 saturated heterocycles. The maximum absolute atomic E-state index is 11.9. The maximum Gasteiger partial charge on any atom is 2.00 e. The van der Waals surface area contributed by atoms with Gasteiger partial charge in [0.25, 0.3) is 11.8 Å². The van der Waals surface area contributed by atoms with E-state index >= 15 is 0 Å². The van der Waals surface area contributed by atoms with Gasteiger partial charge in [-0.05, 0) is 155 Å². The molecule has 0 spiro atoms. The number of amides is 8. The van der Waals surface area contributed by atoms with Gasteiger partial charge in [0.1, 0.15) is 56.2 Å². The minimum Gasteiger partial charge on any atom is -1.00 e. The molecule has 2 unspecified atom stereocenters. The molecular weight excluding hydrogens is 1630 g/mol. The van der Waals surface area contributed by atoms with Crippen molar-refractivity contribution in [1.29, 1.82) is 5.26 Å². The molecule has 0 radical (unpaired) electrons. The molecule has 6 aromatic rings. The van der Waals surface area contributed by atoms with Crippen LogP contribution in [0.1, 0.15) is 170 Å². The van der Waals surface area contributed by atoms with Gasteiger partial charge in [-0.2, -0.15) is 5.26 Å². The predicted molar refractivity (Wildman–Crippen MR) is 449 cm³/mol. The van der Waals surface area contributed by atoms with Crippen molar-refractivity contribution in [2.75, 3.05) is 142 Å². The zero-order valence-electron chi connectivity index (χ0n) is 70.6. The molecule has 3 fully saturated rings. The number of hydrogen-bond donors (Lipinski definition) is 6. The summed E-state index contributed by atoms with van der Waals surface area (Å²) in [4.78, 5) is 152. The van der Waals surface area contributed by atoms with Crippen LogP contribution in [0.25, 0.3) is 0 Å². The van der Waals surface area contributed by atoms with E-state index < -0.39 is 35.1 Å². The van der Waals surface area contributed by atoms with Crippen LogP contribution in [0, 0.1) is 18.8 Å². The molecule has 6 aromatic heterocycles. The second-order valence-corrected chi connectivity index (χ2v) is 29.4. The van der Waals surface area contributed by atoms with Gasteiger partial charge >= 0.3 is 41.3 Å². The second-order valence-electron chi connectivity index (χ2n) is 27.9. The van der Waals surface area contributed by atoms with Crippen molar-refractivity contribution in [3.8, 4) is 6.07 Å². The summed E-state index contributed by atoms with van der Waals surface area (Å²) < 4.78 is 15.4. The van der Waals surface area contributed by atoms with Gasteiger partial charge in [0, 0.05) is 180 Å². The molecule has 8 amide bonds. The average Bonchev–Trinajstić information content (AvgIpc) is 1.74. The first-order valence-corrected chi connectivity index (χ1v) is 37.2. The van der Waals surface area contributed by atoms with E-state index in [0.717, 1.165) is 99.8 Å². The number of ketones is 1. The van der Waals surface area contributed by atoms with E-state index in [1.165, 1.54) is 89.4 Å². The number of carbonyl (C=O) groups excluding carboxylic acids is 9. The van der Waals surface area contributed by atoms with Crippen molar-refractivity contribution in [2.45, 2.75) is 140 Å². The van der Waals surface area contributed by atoms with Gasteiger partial charge in [-0.25, -0.2) is 59.9 Å². The van der Waals surface area contributed by atoms with Crippen LogP contribution in [0.2, 0.25) is 5.15 Å².